The number of ether oxygens (including phenoxy) is 3. The van der Waals surface area contributed by atoms with Crippen LogP contribution in [0.1, 0.15) is 43.5 Å². The number of methoxy groups -OCH3 is 1. The first-order valence-corrected chi connectivity index (χ1v) is 12.7. The van der Waals surface area contributed by atoms with Crippen LogP contribution in [0.2, 0.25) is 0 Å². The molecule has 4 heterocycles. The number of nitrogens with one attached hydrogen (secondary N) is 1. The second-order valence-electron chi connectivity index (χ2n) is 9.63. The van der Waals surface area contributed by atoms with Gasteiger partial charge in [-0.3, -0.25) is 14.5 Å². The minimum Gasteiger partial charge on any atom is -0.462 e. The lowest BCUT2D eigenvalue weighted by atomic mass is 9.66. The fraction of sp³-hybridized carbons (Fsp3) is 0.556. The highest BCUT2D eigenvalue weighted by molar-refractivity contribution is 6.17. The van der Waals surface area contributed by atoms with Crippen LogP contribution in [-0.4, -0.2) is 74.5 Å². The van der Waals surface area contributed by atoms with Crippen LogP contribution in [0.25, 0.3) is 16.6 Å². The van der Waals surface area contributed by atoms with Crippen molar-refractivity contribution < 1.29 is 23.8 Å². The van der Waals surface area contributed by atoms with E-state index >= 15 is 0 Å². The van der Waals surface area contributed by atoms with E-state index in [0.717, 1.165) is 44.3 Å². The van der Waals surface area contributed by atoms with Gasteiger partial charge in [-0.15, -0.1) is 0 Å². The lowest BCUT2D eigenvalue weighted by Crippen LogP contribution is -2.51. The minimum absolute atomic E-state index is 0.0788. The minimum atomic E-state index is -0.476. The molecule has 0 unspecified atom stereocenters. The molecule has 3 aliphatic heterocycles. The van der Waals surface area contributed by atoms with Gasteiger partial charge in [-0.25, -0.2) is 0 Å². The summed E-state index contributed by atoms with van der Waals surface area (Å²) in [5.41, 5.74) is 4.24. The fourth-order valence-corrected chi connectivity index (χ4v) is 6.20. The number of hydrogen-bond acceptors (Lipinski definition) is 6. The molecule has 2 atom stereocenters. The van der Waals surface area contributed by atoms with Gasteiger partial charge in [0.1, 0.15) is 18.8 Å². The number of carbonyl (C=O) groups excluding carboxylic acids is 2. The van der Waals surface area contributed by atoms with E-state index in [9.17, 15) is 9.59 Å². The molecule has 1 saturated heterocycles. The fourth-order valence-electron chi connectivity index (χ4n) is 6.20. The van der Waals surface area contributed by atoms with Gasteiger partial charge < -0.3 is 24.1 Å². The van der Waals surface area contributed by atoms with Crippen molar-refractivity contribution in [1.82, 2.24) is 14.8 Å². The van der Waals surface area contributed by atoms with Gasteiger partial charge in [0.15, 0.2) is 0 Å². The highest BCUT2D eigenvalue weighted by Gasteiger charge is 2.50. The third kappa shape index (κ3) is 4.28. The normalized spacial score (nSPS) is 23.0. The highest BCUT2D eigenvalue weighted by Crippen LogP contribution is 2.56. The van der Waals surface area contributed by atoms with Gasteiger partial charge >= 0.3 is 5.97 Å². The molecule has 188 valence electrons. The zero-order valence-corrected chi connectivity index (χ0v) is 20.7. The summed E-state index contributed by atoms with van der Waals surface area (Å²) in [4.78, 5) is 28.4. The van der Waals surface area contributed by atoms with Crippen molar-refractivity contribution in [1.29, 1.82) is 0 Å². The van der Waals surface area contributed by atoms with Crippen LogP contribution in [0, 0.1) is 5.41 Å². The van der Waals surface area contributed by atoms with Gasteiger partial charge in [0.05, 0.1) is 31.4 Å². The molecule has 0 radical (unpaired) electrons. The topological polar surface area (TPSA) is 82.0 Å². The molecule has 1 N–H and O–H groups in total. The predicted octanol–water partition coefficient (Wildman–Crippen LogP) is 2.91. The summed E-state index contributed by atoms with van der Waals surface area (Å²) >= 11 is 0. The number of piperidine rings is 1. The Balaban J connectivity index is 1.38. The van der Waals surface area contributed by atoms with E-state index in [0.29, 0.717) is 25.5 Å². The molecule has 1 amide bonds. The number of hydrogen-bond donors (Lipinski definition) is 1. The number of para-hydroxylation sites is 1. The number of nitrogens with zero attached hydrogens (tertiary/aromatic N) is 2. The lowest BCUT2D eigenvalue weighted by Gasteiger charge is -2.53. The average molecular weight is 482 g/mol. The summed E-state index contributed by atoms with van der Waals surface area (Å²) in [6.45, 7) is 5.60. The molecule has 5 rings (SSSR count). The van der Waals surface area contributed by atoms with Gasteiger partial charge in [-0.2, -0.15) is 0 Å². The summed E-state index contributed by atoms with van der Waals surface area (Å²) in [5, 5.41) is 4.05. The molecule has 1 aromatic heterocycles. The number of benzene rings is 1. The standard InChI is InChI=1S/C27H35N3O5/c1-3-27-10-6-11-29-12-9-20-19-7-4-5-8-21(19)30(24(20)25(27)29)22(17-27)26(32)28-18-23(31)35-16-15-34-14-13-33-2/h4-5,7-8,17,25H,3,6,9-16,18H2,1-2H3,(H,28,32)/t25-,27+/m1/s1. The summed E-state index contributed by atoms with van der Waals surface area (Å²) in [6, 6.07) is 8.66. The Hall–Kier alpha value is -2.68. The Morgan fingerprint density at radius 1 is 1.14 bits per heavy atom. The maximum absolute atomic E-state index is 13.5. The summed E-state index contributed by atoms with van der Waals surface area (Å²) in [6.07, 6.45) is 6.35. The molecule has 0 saturated carbocycles. The molecular formula is C27H35N3O5. The number of amides is 1. The number of fused-ring (bicyclic) bond motifs is 3. The van der Waals surface area contributed by atoms with E-state index < -0.39 is 5.97 Å². The first-order chi connectivity index (χ1) is 17.1. The third-order valence-corrected chi connectivity index (χ3v) is 7.80. The Morgan fingerprint density at radius 2 is 1.97 bits per heavy atom. The number of rotatable bonds is 10. The second-order valence-corrected chi connectivity index (χ2v) is 9.63. The maximum atomic E-state index is 13.5. The van der Waals surface area contributed by atoms with Crippen LogP contribution < -0.4 is 5.32 Å². The van der Waals surface area contributed by atoms with E-state index in [4.69, 9.17) is 14.2 Å². The van der Waals surface area contributed by atoms with Crippen molar-refractivity contribution >= 4 is 28.5 Å². The first kappa shape index (κ1) is 24.0. The number of aromatic nitrogens is 1. The predicted molar refractivity (Wildman–Crippen MR) is 133 cm³/mol. The largest absolute Gasteiger partial charge is 0.462 e. The molecule has 0 spiro atoms. The first-order valence-electron chi connectivity index (χ1n) is 12.7. The van der Waals surface area contributed by atoms with Gasteiger partial charge in [0.25, 0.3) is 5.91 Å². The number of esters is 1. The lowest BCUT2D eigenvalue weighted by molar-refractivity contribution is -0.145. The Kier molecular flexibility index (Phi) is 6.95. The Labute approximate surface area is 206 Å². The van der Waals surface area contributed by atoms with Crippen LogP contribution in [0.3, 0.4) is 0 Å². The zero-order chi connectivity index (χ0) is 24.4. The van der Waals surface area contributed by atoms with Crippen molar-refractivity contribution in [3.63, 3.8) is 0 Å². The number of carbonyl (C=O) groups is 2. The average Bonchev–Trinajstić information content (AvgIpc) is 3.23. The van der Waals surface area contributed by atoms with Crippen molar-refractivity contribution in [3.8, 4) is 0 Å². The molecule has 1 fully saturated rings. The smallest absolute Gasteiger partial charge is 0.325 e. The van der Waals surface area contributed by atoms with E-state index in [1.54, 1.807) is 7.11 Å². The van der Waals surface area contributed by atoms with Crippen LogP contribution in [0.4, 0.5) is 0 Å². The molecule has 3 aliphatic rings. The van der Waals surface area contributed by atoms with E-state index in [-0.39, 0.29) is 30.5 Å². The Bertz CT molecular complexity index is 1140. The molecule has 35 heavy (non-hydrogen) atoms. The zero-order valence-electron chi connectivity index (χ0n) is 20.7. The monoisotopic (exact) mass is 481 g/mol. The summed E-state index contributed by atoms with van der Waals surface area (Å²) < 4.78 is 17.6. The summed E-state index contributed by atoms with van der Waals surface area (Å²) in [5.74, 6) is -0.716. The molecule has 0 aliphatic carbocycles. The molecule has 2 aromatic rings. The van der Waals surface area contributed by atoms with Crippen molar-refractivity contribution in [3.05, 3.63) is 41.6 Å². The van der Waals surface area contributed by atoms with Crippen molar-refractivity contribution in [2.75, 3.05) is 53.2 Å². The quantitative estimate of drug-likeness (QED) is 0.415. The molecule has 0 bridgehead atoms. The van der Waals surface area contributed by atoms with E-state index in [1.165, 1.54) is 16.6 Å². The van der Waals surface area contributed by atoms with Crippen molar-refractivity contribution in [2.45, 2.75) is 38.6 Å². The SMILES string of the molecule is CC[C@@]12C=C(C(=O)NCC(=O)OCCOCCOC)n3c4c(c5ccccc53)CCN(CCC1)[C@H]42. The van der Waals surface area contributed by atoms with E-state index in [1.807, 2.05) is 6.07 Å². The molecular weight excluding hydrogens is 446 g/mol. The van der Waals surface area contributed by atoms with Gasteiger partial charge in [-0.1, -0.05) is 25.1 Å². The van der Waals surface area contributed by atoms with Gasteiger partial charge in [0, 0.05) is 30.1 Å². The van der Waals surface area contributed by atoms with Crippen LogP contribution in [0.5, 0.6) is 0 Å². The Morgan fingerprint density at radius 3 is 2.80 bits per heavy atom. The molecule has 1 aromatic carbocycles. The maximum Gasteiger partial charge on any atom is 0.325 e. The van der Waals surface area contributed by atoms with Crippen LogP contribution >= 0.6 is 0 Å². The summed E-state index contributed by atoms with van der Waals surface area (Å²) in [7, 11) is 1.60. The van der Waals surface area contributed by atoms with Gasteiger partial charge in [-0.05, 0) is 49.9 Å². The van der Waals surface area contributed by atoms with Crippen LogP contribution in [-0.2, 0) is 30.2 Å². The second kappa shape index (κ2) is 10.1. The van der Waals surface area contributed by atoms with Crippen LogP contribution in [0.15, 0.2) is 30.3 Å². The van der Waals surface area contributed by atoms with Gasteiger partial charge in [0.2, 0.25) is 0 Å². The molecule has 8 heteroatoms. The van der Waals surface area contributed by atoms with Crippen molar-refractivity contribution in [2.24, 2.45) is 5.41 Å². The third-order valence-electron chi connectivity index (χ3n) is 7.80. The van der Waals surface area contributed by atoms with E-state index in [2.05, 4.69) is 46.0 Å². The highest BCUT2D eigenvalue weighted by atomic mass is 16.6. The molecule has 8 nitrogen and oxygen atoms in total.